The summed E-state index contributed by atoms with van der Waals surface area (Å²) in [5.74, 6) is -1.40. The third-order valence-corrected chi connectivity index (χ3v) is 5.35. The number of halogens is 1. The zero-order valence-corrected chi connectivity index (χ0v) is 16.5. The second-order valence-corrected chi connectivity index (χ2v) is 7.87. The molecule has 9 heteroatoms. The molecule has 0 fully saturated rings. The smallest absolute Gasteiger partial charge is 0.340 e. The van der Waals surface area contributed by atoms with Crippen molar-refractivity contribution < 1.29 is 22.7 Å². The molecule has 0 bridgehead atoms. The number of hydrogen-bond acceptors (Lipinski definition) is 5. The van der Waals surface area contributed by atoms with E-state index in [4.69, 9.17) is 16.3 Å². The molecule has 0 aliphatic heterocycles. The van der Waals surface area contributed by atoms with Crippen molar-refractivity contribution in [2.75, 3.05) is 11.8 Å². The van der Waals surface area contributed by atoms with Crippen molar-refractivity contribution in [3.05, 3.63) is 58.6 Å². The Kier molecular flexibility index (Phi) is 6.45. The molecule has 27 heavy (non-hydrogen) atoms. The molecule has 0 radical (unpaired) electrons. The van der Waals surface area contributed by atoms with Gasteiger partial charge in [0.25, 0.3) is 15.9 Å². The summed E-state index contributed by atoms with van der Waals surface area (Å²) in [5, 5.41) is 2.36. The Morgan fingerprint density at radius 1 is 1.15 bits per heavy atom. The van der Waals surface area contributed by atoms with E-state index in [2.05, 4.69) is 10.0 Å². The van der Waals surface area contributed by atoms with E-state index >= 15 is 0 Å². The minimum atomic E-state index is -3.95. The van der Waals surface area contributed by atoms with Crippen LogP contribution in [0.2, 0.25) is 5.02 Å². The molecule has 1 atom stereocenters. The quantitative estimate of drug-likeness (QED) is 0.713. The molecule has 1 amide bonds. The van der Waals surface area contributed by atoms with E-state index in [0.717, 1.165) is 11.6 Å². The lowest BCUT2D eigenvalue weighted by Gasteiger charge is -2.14. The zero-order valence-electron chi connectivity index (χ0n) is 14.9. The van der Waals surface area contributed by atoms with Crippen LogP contribution in [0.3, 0.4) is 0 Å². The van der Waals surface area contributed by atoms with Crippen LogP contribution >= 0.6 is 11.6 Å². The van der Waals surface area contributed by atoms with Crippen LogP contribution in [0.4, 0.5) is 5.69 Å². The van der Waals surface area contributed by atoms with Crippen molar-refractivity contribution in [1.82, 2.24) is 5.32 Å². The Bertz CT molecular complexity index is 975. The van der Waals surface area contributed by atoms with E-state index in [-0.39, 0.29) is 15.5 Å². The lowest BCUT2D eigenvalue weighted by molar-refractivity contribution is -0.128. The van der Waals surface area contributed by atoms with E-state index in [1.54, 1.807) is 18.2 Å². The molecule has 0 unspecified atom stereocenters. The lowest BCUT2D eigenvalue weighted by atomic mass is 10.2. The van der Waals surface area contributed by atoms with Crippen molar-refractivity contribution in [1.29, 1.82) is 0 Å². The molecule has 0 heterocycles. The molecule has 0 aliphatic rings. The number of ether oxygens (including phenoxy) is 1. The minimum Gasteiger partial charge on any atom is -0.449 e. The van der Waals surface area contributed by atoms with Gasteiger partial charge in [-0.15, -0.1) is 0 Å². The first-order chi connectivity index (χ1) is 12.6. The van der Waals surface area contributed by atoms with Gasteiger partial charge in [0.2, 0.25) is 0 Å². The maximum absolute atomic E-state index is 12.6. The van der Waals surface area contributed by atoms with E-state index < -0.39 is 28.0 Å². The van der Waals surface area contributed by atoms with Gasteiger partial charge >= 0.3 is 5.97 Å². The second-order valence-electron chi connectivity index (χ2n) is 5.78. The molecule has 0 saturated carbocycles. The first kappa shape index (κ1) is 20.7. The number of sulfonamides is 1. The Morgan fingerprint density at radius 2 is 1.85 bits per heavy atom. The topological polar surface area (TPSA) is 102 Å². The Labute approximate surface area is 162 Å². The van der Waals surface area contributed by atoms with Crippen molar-refractivity contribution in [2.45, 2.75) is 24.8 Å². The summed E-state index contributed by atoms with van der Waals surface area (Å²) in [6, 6.07) is 10.5. The first-order valence-corrected chi connectivity index (χ1v) is 9.82. The number of anilines is 1. The number of hydrogen-bond donors (Lipinski definition) is 2. The molecular weight excluding hydrogens is 392 g/mol. The van der Waals surface area contributed by atoms with Gasteiger partial charge in [-0.3, -0.25) is 9.52 Å². The molecule has 2 N–H and O–H groups in total. The van der Waals surface area contributed by atoms with Gasteiger partial charge in [0.15, 0.2) is 6.10 Å². The number of benzene rings is 2. The fourth-order valence-corrected chi connectivity index (χ4v) is 3.50. The highest BCUT2D eigenvalue weighted by Crippen LogP contribution is 2.24. The highest BCUT2D eigenvalue weighted by Gasteiger charge is 2.23. The number of carbonyl (C=O) groups is 2. The summed E-state index contributed by atoms with van der Waals surface area (Å²) in [6.07, 6.45) is -1.05. The maximum Gasteiger partial charge on any atom is 0.340 e. The molecule has 0 spiro atoms. The van der Waals surface area contributed by atoms with Crippen LogP contribution in [0, 0.1) is 6.92 Å². The number of likely N-dealkylation sites (N-methyl/N-ethyl adjacent to an activating group) is 1. The fourth-order valence-electron chi connectivity index (χ4n) is 2.23. The highest BCUT2D eigenvalue weighted by molar-refractivity contribution is 7.92. The SMILES string of the molecule is CNC(=O)[C@H](C)OC(=O)c1cc(S(=O)(=O)Nc2cccc(C)c2)ccc1Cl. The van der Waals surface area contributed by atoms with E-state index in [9.17, 15) is 18.0 Å². The van der Waals surface area contributed by atoms with E-state index in [0.29, 0.717) is 5.69 Å². The second kappa shape index (κ2) is 8.41. The minimum absolute atomic E-state index is 0.0126. The number of amides is 1. The van der Waals surface area contributed by atoms with Gasteiger partial charge in [-0.1, -0.05) is 23.7 Å². The average Bonchev–Trinajstić information content (AvgIpc) is 2.60. The summed E-state index contributed by atoms with van der Waals surface area (Å²) in [7, 11) is -2.54. The molecule has 0 aromatic heterocycles. The summed E-state index contributed by atoms with van der Waals surface area (Å²) < 4.78 is 32.7. The van der Waals surface area contributed by atoms with Crippen molar-refractivity contribution in [2.24, 2.45) is 0 Å². The molecule has 2 aromatic rings. The predicted molar refractivity (Wildman–Crippen MR) is 102 cm³/mol. The van der Waals surface area contributed by atoms with Crippen molar-refractivity contribution in [3.8, 4) is 0 Å². The van der Waals surface area contributed by atoms with Gasteiger partial charge in [0, 0.05) is 12.7 Å². The monoisotopic (exact) mass is 410 g/mol. The van der Waals surface area contributed by atoms with Crippen LogP contribution < -0.4 is 10.0 Å². The summed E-state index contributed by atoms with van der Waals surface area (Å²) in [5.41, 5.74) is 1.13. The largest absolute Gasteiger partial charge is 0.449 e. The number of aryl methyl sites for hydroxylation is 1. The van der Waals surface area contributed by atoms with Crippen LogP contribution in [-0.2, 0) is 19.6 Å². The number of rotatable bonds is 6. The average molecular weight is 411 g/mol. The molecular formula is C18H19ClN2O5S. The van der Waals surface area contributed by atoms with Crippen LogP contribution in [0.15, 0.2) is 47.4 Å². The molecule has 7 nitrogen and oxygen atoms in total. The summed E-state index contributed by atoms with van der Waals surface area (Å²) >= 11 is 6.00. The van der Waals surface area contributed by atoms with Crippen molar-refractivity contribution >= 4 is 39.2 Å². The van der Waals surface area contributed by atoms with E-state index in [1.165, 1.54) is 26.1 Å². The molecule has 0 aliphatic carbocycles. The maximum atomic E-state index is 12.6. The lowest BCUT2D eigenvalue weighted by Crippen LogP contribution is -2.33. The number of carbonyl (C=O) groups excluding carboxylic acids is 2. The standard InChI is InChI=1S/C18H19ClN2O5S/c1-11-5-4-6-13(9-11)21-27(24,25)14-7-8-16(19)15(10-14)18(23)26-12(2)17(22)20-3/h4-10,12,21H,1-3H3,(H,20,22)/t12-/m0/s1. The number of esters is 1. The van der Waals surface area contributed by atoms with Gasteiger partial charge < -0.3 is 10.1 Å². The van der Waals surface area contributed by atoms with Gasteiger partial charge in [-0.25, -0.2) is 13.2 Å². The third-order valence-electron chi connectivity index (χ3n) is 3.64. The van der Waals surface area contributed by atoms with Crippen molar-refractivity contribution in [3.63, 3.8) is 0 Å². The Balaban J connectivity index is 2.30. The van der Waals surface area contributed by atoms with E-state index in [1.807, 2.05) is 13.0 Å². The van der Waals surface area contributed by atoms with Gasteiger partial charge in [0.05, 0.1) is 15.5 Å². The van der Waals surface area contributed by atoms with Crippen LogP contribution in [0.25, 0.3) is 0 Å². The zero-order chi connectivity index (χ0) is 20.2. The molecule has 144 valence electrons. The van der Waals surface area contributed by atoms with Gasteiger partial charge in [-0.2, -0.15) is 0 Å². The molecule has 0 saturated heterocycles. The molecule has 2 aromatic carbocycles. The Morgan fingerprint density at radius 3 is 2.48 bits per heavy atom. The first-order valence-electron chi connectivity index (χ1n) is 7.95. The summed E-state index contributed by atoms with van der Waals surface area (Å²) in [4.78, 5) is 23.6. The fraction of sp³-hybridized carbons (Fsp3) is 0.222. The Hall–Kier alpha value is -2.58. The highest BCUT2D eigenvalue weighted by atomic mass is 35.5. The van der Waals surface area contributed by atoms with Crippen LogP contribution in [-0.4, -0.2) is 33.4 Å². The van der Waals surface area contributed by atoms with Gasteiger partial charge in [-0.05, 0) is 49.7 Å². The normalized spacial score (nSPS) is 12.1. The molecule has 2 rings (SSSR count). The number of nitrogens with one attached hydrogen (secondary N) is 2. The predicted octanol–water partition coefficient (Wildman–Crippen LogP) is 2.74. The third kappa shape index (κ3) is 5.21. The van der Waals surface area contributed by atoms with Crippen LogP contribution in [0.5, 0.6) is 0 Å². The van der Waals surface area contributed by atoms with Crippen LogP contribution in [0.1, 0.15) is 22.8 Å². The summed E-state index contributed by atoms with van der Waals surface area (Å²) in [6.45, 7) is 3.23. The van der Waals surface area contributed by atoms with Gasteiger partial charge in [0.1, 0.15) is 0 Å².